The molecule has 0 spiro atoms. The van der Waals surface area contributed by atoms with Gasteiger partial charge in [0.15, 0.2) is 5.17 Å². The maximum absolute atomic E-state index is 13.2. The van der Waals surface area contributed by atoms with Crippen molar-refractivity contribution in [2.24, 2.45) is 10.7 Å². The molecular weight excluding hydrogens is 675 g/mol. The third-order valence-corrected chi connectivity index (χ3v) is 10.4. The number of hydrogen-bond donors (Lipinski definition) is 3. The number of amides is 5. The molecule has 6 rings (SSSR count). The van der Waals surface area contributed by atoms with E-state index in [0.717, 1.165) is 42.3 Å². The van der Waals surface area contributed by atoms with Crippen molar-refractivity contribution in [3.63, 3.8) is 0 Å². The Morgan fingerprint density at radius 1 is 0.922 bits per heavy atom. The summed E-state index contributed by atoms with van der Waals surface area (Å²) >= 11 is 1.35. The Labute approximate surface area is 301 Å². The fraction of sp³-hybridized carbons (Fsp3) is 0.500. The number of piperidine rings is 1. The molecule has 1 aliphatic carbocycles. The van der Waals surface area contributed by atoms with Crippen molar-refractivity contribution in [3.05, 3.63) is 53.6 Å². The normalized spacial score (nSPS) is 20.0. The van der Waals surface area contributed by atoms with E-state index in [0.29, 0.717) is 62.1 Å². The molecule has 2 aromatic rings. The first kappa shape index (κ1) is 36.2. The number of piperazine rings is 1. The highest BCUT2D eigenvalue weighted by Gasteiger charge is 2.45. The molecule has 0 aromatic heterocycles. The van der Waals surface area contributed by atoms with Gasteiger partial charge in [-0.3, -0.25) is 39.2 Å². The van der Waals surface area contributed by atoms with Crippen LogP contribution in [0.4, 0.5) is 11.4 Å². The molecular formula is C36H45N7O7S. The van der Waals surface area contributed by atoms with Gasteiger partial charge in [-0.1, -0.05) is 37.1 Å². The van der Waals surface area contributed by atoms with Crippen LogP contribution in [0, 0.1) is 0 Å². The molecule has 15 heteroatoms. The van der Waals surface area contributed by atoms with Crippen molar-refractivity contribution in [2.45, 2.75) is 57.0 Å². The topological polar surface area (TPSA) is 176 Å². The molecule has 3 heterocycles. The van der Waals surface area contributed by atoms with Gasteiger partial charge in [0.1, 0.15) is 18.4 Å². The summed E-state index contributed by atoms with van der Waals surface area (Å²) in [5, 5.41) is 5.89. The molecule has 5 amide bonds. The number of anilines is 2. The van der Waals surface area contributed by atoms with Gasteiger partial charge in [-0.25, -0.2) is 0 Å². The minimum atomic E-state index is -1.01. The van der Waals surface area contributed by atoms with Gasteiger partial charge in [-0.05, 0) is 55.7 Å². The van der Waals surface area contributed by atoms with Gasteiger partial charge in [0.25, 0.3) is 11.8 Å². The second-order valence-electron chi connectivity index (χ2n) is 13.0. The Morgan fingerprint density at radius 2 is 1.69 bits per heavy atom. The Morgan fingerprint density at radius 3 is 2.43 bits per heavy atom. The van der Waals surface area contributed by atoms with Gasteiger partial charge in [-0.15, -0.1) is 0 Å². The van der Waals surface area contributed by atoms with E-state index in [1.807, 2.05) is 29.2 Å². The lowest BCUT2D eigenvalue weighted by Gasteiger charge is -2.36. The summed E-state index contributed by atoms with van der Waals surface area (Å²) < 4.78 is 11.6. The summed E-state index contributed by atoms with van der Waals surface area (Å²) in [6, 6.07) is 12.1. The molecule has 2 saturated heterocycles. The van der Waals surface area contributed by atoms with Crippen molar-refractivity contribution in [1.29, 1.82) is 0 Å². The fourth-order valence-electron chi connectivity index (χ4n) is 6.86. The van der Waals surface area contributed by atoms with Crippen LogP contribution in [0.1, 0.15) is 65.7 Å². The van der Waals surface area contributed by atoms with Crippen molar-refractivity contribution in [1.82, 2.24) is 15.1 Å². The van der Waals surface area contributed by atoms with Crippen molar-refractivity contribution in [3.8, 4) is 5.75 Å². The van der Waals surface area contributed by atoms with Crippen LogP contribution in [-0.4, -0.2) is 115 Å². The summed E-state index contributed by atoms with van der Waals surface area (Å²) in [6.45, 7) is 4.23. The summed E-state index contributed by atoms with van der Waals surface area (Å²) in [6.07, 6.45) is 6.02. The largest absolute Gasteiger partial charge is 0.491 e. The quantitative estimate of drug-likeness (QED) is 0.120. The number of nitrogens with zero attached hydrogens (tertiary/aromatic N) is 4. The predicted molar refractivity (Wildman–Crippen MR) is 194 cm³/mol. The molecule has 4 N–H and O–H groups in total. The zero-order chi connectivity index (χ0) is 35.7. The fourth-order valence-corrected chi connectivity index (χ4v) is 7.54. The van der Waals surface area contributed by atoms with Gasteiger partial charge >= 0.3 is 0 Å². The minimum Gasteiger partial charge on any atom is -0.491 e. The number of nitrogens with one attached hydrogen (secondary N) is 2. The Balaban J connectivity index is 0.865. The number of amidine groups is 1. The van der Waals surface area contributed by atoms with Gasteiger partial charge in [0, 0.05) is 50.5 Å². The van der Waals surface area contributed by atoms with E-state index >= 15 is 0 Å². The van der Waals surface area contributed by atoms with Crippen LogP contribution in [0.25, 0.3) is 0 Å². The number of imide groups is 2. The van der Waals surface area contributed by atoms with Crippen molar-refractivity contribution in [2.75, 3.05) is 68.5 Å². The molecule has 4 aliphatic rings. The lowest BCUT2D eigenvalue weighted by atomic mass is 9.96. The van der Waals surface area contributed by atoms with E-state index in [-0.39, 0.29) is 29.9 Å². The monoisotopic (exact) mass is 719 g/mol. The van der Waals surface area contributed by atoms with Crippen LogP contribution in [0.5, 0.6) is 5.75 Å². The van der Waals surface area contributed by atoms with Gasteiger partial charge in [0.2, 0.25) is 17.7 Å². The smallest absolute Gasteiger partial charge is 0.264 e. The Bertz CT molecular complexity index is 1640. The zero-order valence-electron chi connectivity index (χ0n) is 28.6. The third-order valence-electron chi connectivity index (χ3n) is 9.59. The molecule has 1 saturated carbocycles. The minimum absolute atomic E-state index is 0.0663. The van der Waals surface area contributed by atoms with E-state index in [2.05, 4.69) is 20.5 Å². The third kappa shape index (κ3) is 9.00. The molecule has 1 atom stereocenters. The lowest BCUT2D eigenvalue weighted by Crippen LogP contribution is -2.54. The van der Waals surface area contributed by atoms with Crippen LogP contribution in [0.15, 0.2) is 47.5 Å². The maximum atomic E-state index is 13.2. The lowest BCUT2D eigenvalue weighted by molar-refractivity contribution is -0.136. The zero-order valence-corrected chi connectivity index (χ0v) is 29.5. The number of fused-ring (bicyclic) bond motifs is 1. The molecule has 0 radical (unpaired) electrons. The summed E-state index contributed by atoms with van der Waals surface area (Å²) in [5.41, 5.74) is 8.09. The maximum Gasteiger partial charge on any atom is 0.264 e. The standard InChI is InChI=1S/C36H45N7O7S/c37-36(39-24-5-2-1-3-6-24)51-23-31(45)42-18-16-41(17-19-42)25-9-11-26(12-10-25)50-22-21-49-20-15-38-28-8-4-7-27-32(28)35(48)43(34(27)47)29-13-14-30(44)40-33(29)46/h4,7-12,24,29,38H,1-3,5-6,13-23H2,(H2,37,39)(H,40,44,46). The summed E-state index contributed by atoms with van der Waals surface area (Å²) in [5.74, 6) is -1.02. The first-order chi connectivity index (χ1) is 24.8. The second kappa shape index (κ2) is 17.1. The molecule has 3 aliphatic heterocycles. The number of carbonyl (C=O) groups excluding carboxylic acids is 5. The highest BCUT2D eigenvalue weighted by atomic mass is 32.2. The predicted octanol–water partition coefficient (Wildman–Crippen LogP) is 2.62. The molecule has 2 aromatic carbocycles. The van der Waals surface area contributed by atoms with E-state index in [9.17, 15) is 24.0 Å². The van der Waals surface area contributed by atoms with E-state index < -0.39 is 29.7 Å². The Hall–Kier alpha value is -4.63. The number of carbonyl (C=O) groups is 5. The number of aliphatic imine (C=N–C) groups is 1. The summed E-state index contributed by atoms with van der Waals surface area (Å²) in [7, 11) is 0. The first-order valence-electron chi connectivity index (χ1n) is 17.7. The van der Waals surface area contributed by atoms with Crippen LogP contribution < -0.4 is 26.0 Å². The van der Waals surface area contributed by atoms with Crippen molar-refractivity contribution < 1.29 is 33.4 Å². The number of nitrogens with two attached hydrogens (primary N) is 1. The summed E-state index contributed by atoms with van der Waals surface area (Å²) in [4.78, 5) is 72.6. The van der Waals surface area contributed by atoms with Crippen LogP contribution in [-0.2, 0) is 19.1 Å². The molecule has 1 unspecified atom stereocenters. The molecule has 272 valence electrons. The van der Waals surface area contributed by atoms with E-state index in [1.54, 1.807) is 18.2 Å². The first-order valence-corrected chi connectivity index (χ1v) is 18.6. The van der Waals surface area contributed by atoms with Gasteiger partial charge < -0.3 is 30.3 Å². The van der Waals surface area contributed by atoms with Crippen LogP contribution in [0.3, 0.4) is 0 Å². The average Bonchev–Trinajstić information content (AvgIpc) is 3.40. The SMILES string of the molecule is NC(=NC1CCCCC1)SCC(=O)N1CCN(c2ccc(OCCOCCNc3cccc4c3C(=O)N(C3CCC(=O)NC3=O)C4=O)cc2)CC1. The van der Waals surface area contributed by atoms with Crippen molar-refractivity contribution >= 4 is 57.8 Å². The Kier molecular flexibility index (Phi) is 12.1. The number of thioether (sulfide) groups is 1. The number of ether oxygens (including phenoxy) is 2. The number of hydrogen-bond acceptors (Lipinski definition) is 11. The average molecular weight is 720 g/mol. The van der Waals surface area contributed by atoms with Gasteiger partial charge in [-0.2, -0.15) is 0 Å². The molecule has 3 fully saturated rings. The van der Waals surface area contributed by atoms with Gasteiger partial charge in [0.05, 0.1) is 36.1 Å². The van der Waals surface area contributed by atoms with E-state index in [4.69, 9.17) is 15.2 Å². The van der Waals surface area contributed by atoms with Crippen LogP contribution in [0.2, 0.25) is 0 Å². The highest BCUT2D eigenvalue weighted by Crippen LogP contribution is 2.32. The number of benzene rings is 2. The van der Waals surface area contributed by atoms with E-state index in [1.165, 1.54) is 31.0 Å². The molecule has 14 nitrogen and oxygen atoms in total. The molecule has 0 bridgehead atoms. The second-order valence-corrected chi connectivity index (χ2v) is 14.0. The number of rotatable bonds is 13. The van der Waals surface area contributed by atoms with Crippen LogP contribution >= 0.6 is 11.8 Å². The molecule has 51 heavy (non-hydrogen) atoms. The highest BCUT2D eigenvalue weighted by molar-refractivity contribution is 8.14.